The van der Waals surface area contributed by atoms with Crippen LogP contribution >= 0.6 is 0 Å². The van der Waals surface area contributed by atoms with Gasteiger partial charge in [0.05, 0.1) is 12.2 Å². The molecule has 2 unspecified atom stereocenters. The molecule has 1 fully saturated rings. The van der Waals surface area contributed by atoms with Crippen LogP contribution in [-0.2, 0) is 10.3 Å². The minimum absolute atomic E-state index is 0.0451. The molecule has 3 nitrogen and oxygen atoms in total. The van der Waals surface area contributed by atoms with E-state index in [1.165, 1.54) is 5.56 Å². The molecule has 102 valence electrons. The highest BCUT2D eigenvalue weighted by Crippen LogP contribution is 2.39. The van der Waals surface area contributed by atoms with Crippen molar-refractivity contribution in [3.05, 3.63) is 35.6 Å². The molecule has 0 saturated carbocycles. The smallest absolute Gasteiger partial charge is 0.137 e. The number of benzene rings is 1. The van der Waals surface area contributed by atoms with Gasteiger partial charge in [0.1, 0.15) is 16.9 Å². The van der Waals surface area contributed by atoms with Gasteiger partial charge in [0.2, 0.25) is 0 Å². The highest BCUT2D eigenvalue weighted by molar-refractivity contribution is 5.78. The lowest BCUT2D eigenvalue weighted by Gasteiger charge is -2.37. The van der Waals surface area contributed by atoms with Crippen molar-refractivity contribution in [3.8, 4) is 0 Å². The van der Waals surface area contributed by atoms with Crippen molar-refractivity contribution < 1.29 is 14.3 Å². The molecular formula is C16H20O3. The summed E-state index contributed by atoms with van der Waals surface area (Å²) < 4.78 is 11.6. The van der Waals surface area contributed by atoms with Crippen molar-refractivity contribution >= 4 is 11.0 Å². The van der Waals surface area contributed by atoms with Gasteiger partial charge >= 0.3 is 0 Å². The Hall–Kier alpha value is -1.32. The maximum atomic E-state index is 10.9. The summed E-state index contributed by atoms with van der Waals surface area (Å²) in [6, 6.07) is 8.03. The normalized spacial score (nSPS) is 31.8. The molecule has 2 heterocycles. The van der Waals surface area contributed by atoms with Crippen molar-refractivity contribution in [2.24, 2.45) is 0 Å². The van der Waals surface area contributed by atoms with Crippen LogP contribution in [0.4, 0.5) is 0 Å². The first-order valence-electron chi connectivity index (χ1n) is 6.85. The molecule has 0 amide bonds. The molecule has 2 atom stereocenters. The van der Waals surface area contributed by atoms with Gasteiger partial charge in [-0.2, -0.15) is 0 Å². The van der Waals surface area contributed by atoms with Crippen LogP contribution in [0.15, 0.2) is 28.7 Å². The topological polar surface area (TPSA) is 42.6 Å². The van der Waals surface area contributed by atoms with Crippen molar-refractivity contribution in [1.82, 2.24) is 0 Å². The van der Waals surface area contributed by atoms with Crippen molar-refractivity contribution in [1.29, 1.82) is 0 Å². The second kappa shape index (κ2) is 4.36. The molecule has 1 N–H and O–H groups in total. The Morgan fingerprint density at radius 1 is 1.16 bits per heavy atom. The summed E-state index contributed by atoms with van der Waals surface area (Å²) in [4.78, 5) is 0. The van der Waals surface area contributed by atoms with E-state index in [1.807, 2.05) is 32.0 Å². The Bertz CT molecular complexity index is 589. The third kappa shape index (κ3) is 2.28. The van der Waals surface area contributed by atoms with E-state index < -0.39 is 5.60 Å². The number of aliphatic hydroxyl groups is 1. The largest absolute Gasteiger partial charge is 0.458 e. The Morgan fingerprint density at radius 2 is 1.84 bits per heavy atom. The zero-order valence-electron chi connectivity index (χ0n) is 11.6. The van der Waals surface area contributed by atoms with Crippen LogP contribution in [0, 0.1) is 6.92 Å². The minimum atomic E-state index is -0.913. The monoisotopic (exact) mass is 260 g/mol. The zero-order chi connectivity index (χ0) is 13.6. The molecule has 2 aromatic rings. The summed E-state index contributed by atoms with van der Waals surface area (Å²) >= 11 is 0. The summed E-state index contributed by atoms with van der Waals surface area (Å²) in [5.41, 5.74) is 1.12. The highest BCUT2D eigenvalue weighted by atomic mass is 16.5. The molecule has 1 aliphatic rings. The number of rotatable bonds is 1. The lowest BCUT2D eigenvalue weighted by Crippen LogP contribution is -2.40. The SMILES string of the molecule is Cc1ccc2oc(C3(O)CC(C)OC(C)C3)cc2c1. The lowest BCUT2D eigenvalue weighted by atomic mass is 9.85. The van der Waals surface area contributed by atoms with E-state index in [9.17, 15) is 5.11 Å². The van der Waals surface area contributed by atoms with Gasteiger partial charge in [0.15, 0.2) is 0 Å². The lowest BCUT2D eigenvalue weighted by molar-refractivity contribution is -0.143. The number of furan rings is 1. The molecular weight excluding hydrogens is 240 g/mol. The fraction of sp³-hybridized carbons (Fsp3) is 0.500. The van der Waals surface area contributed by atoms with Crippen molar-refractivity contribution in [2.75, 3.05) is 0 Å². The molecule has 3 heteroatoms. The summed E-state index contributed by atoms with van der Waals surface area (Å²) in [6.07, 6.45) is 1.25. The Labute approximate surface area is 113 Å². The van der Waals surface area contributed by atoms with Crippen LogP contribution < -0.4 is 0 Å². The van der Waals surface area contributed by atoms with Crippen molar-refractivity contribution in [2.45, 2.75) is 51.4 Å². The number of fused-ring (bicyclic) bond motifs is 1. The zero-order valence-corrected chi connectivity index (χ0v) is 11.6. The third-order valence-electron chi connectivity index (χ3n) is 3.85. The fourth-order valence-electron chi connectivity index (χ4n) is 3.12. The predicted molar refractivity (Wildman–Crippen MR) is 74.1 cm³/mol. The van der Waals surface area contributed by atoms with Gasteiger partial charge in [0.25, 0.3) is 0 Å². The first kappa shape index (κ1) is 12.7. The first-order chi connectivity index (χ1) is 8.96. The van der Waals surface area contributed by atoms with Gasteiger partial charge in [-0.25, -0.2) is 0 Å². The van der Waals surface area contributed by atoms with E-state index in [-0.39, 0.29) is 12.2 Å². The predicted octanol–water partition coefficient (Wildman–Crippen LogP) is 3.52. The highest BCUT2D eigenvalue weighted by Gasteiger charge is 2.40. The number of ether oxygens (including phenoxy) is 1. The van der Waals surface area contributed by atoms with Crippen LogP contribution in [-0.4, -0.2) is 17.3 Å². The maximum absolute atomic E-state index is 10.9. The van der Waals surface area contributed by atoms with Crippen LogP contribution in [0.3, 0.4) is 0 Å². The van der Waals surface area contributed by atoms with Crippen LogP contribution in [0.5, 0.6) is 0 Å². The van der Waals surface area contributed by atoms with E-state index in [2.05, 4.69) is 13.0 Å². The van der Waals surface area contributed by atoms with Gasteiger partial charge in [-0.15, -0.1) is 0 Å². The molecule has 0 aliphatic carbocycles. The van der Waals surface area contributed by atoms with Crippen LogP contribution in [0.25, 0.3) is 11.0 Å². The van der Waals surface area contributed by atoms with E-state index in [1.54, 1.807) is 0 Å². The summed E-state index contributed by atoms with van der Waals surface area (Å²) in [5, 5.41) is 11.9. The average Bonchev–Trinajstić information content (AvgIpc) is 2.70. The van der Waals surface area contributed by atoms with Gasteiger partial charge < -0.3 is 14.3 Å². The number of hydrogen-bond acceptors (Lipinski definition) is 3. The fourth-order valence-corrected chi connectivity index (χ4v) is 3.12. The molecule has 1 saturated heterocycles. The molecule has 0 bridgehead atoms. The standard InChI is InChI=1S/C16H20O3/c1-10-4-5-14-13(6-10)7-15(19-14)16(17)8-11(2)18-12(3)9-16/h4-7,11-12,17H,8-9H2,1-3H3. The molecule has 0 radical (unpaired) electrons. The van der Waals surface area contributed by atoms with E-state index in [0.29, 0.717) is 18.6 Å². The quantitative estimate of drug-likeness (QED) is 0.853. The first-order valence-corrected chi connectivity index (χ1v) is 6.85. The summed E-state index contributed by atoms with van der Waals surface area (Å²) in [6.45, 7) is 6.04. The minimum Gasteiger partial charge on any atom is -0.458 e. The van der Waals surface area contributed by atoms with Crippen LogP contribution in [0.1, 0.15) is 38.0 Å². The molecule has 19 heavy (non-hydrogen) atoms. The molecule has 1 aliphatic heterocycles. The molecule has 1 aromatic carbocycles. The Balaban J connectivity index is 2.02. The second-order valence-electron chi connectivity index (χ2n) is 5.85. The van der Waals surface area contributed by atoms with Crippen LogP contribution in [0.2, 0.25) is 0 Å². The second-order valence-corrected chi connectivity index (χ2v) is 5.85. The molecule has 1 aromatic heterocycles. The summed E-state index contributed by atoms with van der Waals surface area (Å²) in [5.74, 6) is 0.662. The maximum Gasteiger partial charge on any atom is 0.137 e. The third-order valence-corrected chi connectivity index (χ3v) is 3.85. The van der Waals surface area contributed by atoms with Gasteiger partial charge in [-0.3, -0.25) is 0 Å². The van der Waals surface area contributed by atoms with E-state index >= 15 is 0 Å². The number of hydrogen-bond donors (Lipinski definition) is 1. The molecule has 0 spiro atoms. The van der Waals surface area contributed by atoms with Gasteiger partial charge in [-0.05, 0) is 39.0 Å². The Morgan fingerprint density at radius 3 is 2.53 bits per heavy atom. The Kier molecular flexibility index (Phi) is 2.91. The number of aryl methyl sites for hydroxylation is 1. The van der Waals surface area contributed by atoms with Gasteiger partial charge in [0, 0.05) is 18.2 Å². The van der Waals surface area contributed by atoms with Crippen molar-refractivity contribution in [3.63, 3.8) is 0 Å². The molecule has 3 rings (SSSR count). The average molecular weight is 260 g/mol. The van der Waals surface area contributed by atoms with Gasteiger partial charge in [-0.1, -0.05) is 11.6 Å². The summed E-state index contributed by atoms with van der Waals surface area (Å²) in [7, 11) is 0. The van der Waals surface area contributed by atoms with E-state index in [4.69, 9.17) is 9.15 Å². The van der Waals surface area contributed by atoms with E-state index in [0.717, 1.165) is 11.0 Å².